The van der Waals surface area contributed by atoms with Crippen LogP contribution in [0.2, 0.25) is 0 Å². The first kappa shape index (κ1) is 82.6. The van der Waals surface area contributed by atoms with E-state index in [4.69, 9.17) is 33.2 Å². The summed E-state index contributed by atoms with van der Waals surface area (Å²) < 4.78 is 40.5. The van der Waals surface area contributed by atoms with Gasteiger partial charge in [-0.1, -0.05) is 202 Å². The molecule has 0 heterocycles. The minimum absolute atomic E-state index is 0.0295. The Labute approximate surface area is 586 Å². The zero-order chi connectivity index (χ0) is 70.9. The van der Waals surface area contributed by atoms with Gasteiger partial charge in [0, 0.05) is 31.9 Å². The Morgan fingerprint density at radius 2 is 0.732 bits per heavy atom. The van der Waals surface area contributed by atoms with Crippen LogP contribution in [0, 0.1) is 64.2 Å². The summed E-state index contributed by atoms with van der Waals surface area (Å²) in [4.78, 5) is 83.6. The molecular formula is C81H116N2O13S. The van der Waals surface area contributed by atoms with Gasteiger partial charge < -0.3 is 43.0 Å². The highest BCUT2D eigenvalue weighted by molar-refractivity contribution is 8.13. The van der Waals surface area contributed by atoms with Crippen LogP contribution < -0.4 is 0 Å². The molecule has 0 radical (unpaired) electrons. The van der Waals surface area contributed by atoms with E-state index in [9.17, 15) is 28.8 Å². The minimum Gasteiger partial charge on any atom is -0.463 e. The van der Waals surface area contributed by atoms with Gasteiger partial charge in [0.2, 0.25) is 0 Å². The average Bonchev–Trinajstić information content (AvgIpc) is 2.30. The summed E-state index contributed by atoms with van der Waals surface area (Å²) in [6.45, 7) is 23.0. The summed E-state index contributed by atoms with van der Waals surface area (Å²) in [5.41, 5.74) is 12.0. The average molecular weight is 1360 g/mol. The molecular weight excluding hydrogens is 1240 g/mol. The lowest BCUT2D eigenvalue weighted by Gasteiger charge is -2.23. The van der Waals surface area contributed by atoms with Crippen LogP contribution in [-0.4, -0.2) is 136 Å². The maximum Gasteiger partial charge on any atom is 0.308 e. The molecule has 0 spiro atoms. The number of thioether (sulfide) groups is 1. The van der Waals surface area contributed by atoms with Crippen molar-refractivity contribution < 1.29 is 61.9 Å². The number of rotatable bonds is 44. The van der Waals surface area contributed by atoms with Crippen LogP contribution in [0.3, 0.4) is 0 Å². The van der Waals surface area contributed by atoms with E-state index in [1.54, 1.807) is 18.7 Å². The second kappa shape index (κ2) is 47.2. The third-order valence-corrected chi connectivity index (χ3v) is 18.0. The van der Waals surface area contributed by atoms with Gasteiger partial charge in [-0.3, -0.25) is 28.8 Å². The fraction of sp³-hybridized carbons (Fsp3) is 0.556. The Kier molecular flexibility index (Phi) is 40.2. The Morgan fingerprint density at radius 3 is 1.07 bits per heavy atom. The van der Waals surface area contributed by atoms with Crippen molar-refractivity contribution in [2.75, 3.05) is 79.3 Å². The molecule has 1 amide bonds. The predicted octanol–water partition coefficient (Wildman–Crippen LogP) is 16.0. The fourth-order valence-corrected chi connectivity index (χ4v) is 10.9. The van der Waals surface area contributed by atoms with Gasteiger partial charge in [0.15, 0.2) is 6.10 Å². The second-order valence-corrected chi connectivity index (χ2v) is 28.2. The Morgan fingerprint density at radius 1 is 0.402 bits per heavy atom. The number of carbonyl (C=O) groups excluding carboxylic acids is 6. The number of ether oxygens (including phenoxy) is 7. The molecule has 4 unspecified atom stereocenters. The van der Waals surface area contributed by atoms with Crippen molar-refractivity contribution in [3.05, 3.63) is 177 Å². The summed E-state index contributed by atoms with van der Waals surface area (Å²) in [6, 6.07) is 41.7. The third kappa shape index (κ3) is 37.1. The number of nitrogens with zero attached hydrogens (tertiary/aromatic N) is 2. The number of aryl methyl sites for hydroxylation is 10. The number of unbranched alkanes of at least 4 members (excludes halogenated alkanes) is 1. The van der Waals surface area contributed by atoms with E-state index in [0.29, 0.717) is 83.2 Å². The topological polar surface area (TPSA) is 174 Å². The molecule has 0 bridgehead atoms. The number of amides is 1. The highest BCUT2D eigenvalue weighted by atomic mass is 32.2. The van der Waals surface area contributed by atoms with E-state index in [0.717, 1.165) is 65.1 Å². The van der Waals surface area contributed by atoms with Gasteiger partial charge in [-0.15, -0.1) is 0 Å². The zero-order valence-electron chi connectivity index (χ0n) is 60.9. The van der Waals surface area contributed by atoms with Gasteiger partial charge >= 0.3 is 29.8 Å². The van der Waals surface area contributed by atoms with Crippen LogP contribution in [0.15, 0.2) is 121 Å². The molecule has 0 fully saturated rings. The van der Waals surface area contributed by atoms with Crippen LogP contribution in [-0.2, 0) is 89.2 Å². The molecule has 5 rings (SSSR count). The quantitative estimate of drug-likeness (QED) is 0.0156. The summed E-state index contributed by atoms with van der Waals surface area (Å²) in [5, 5.41) is -0.0954. The smallest absolute Gasteiger partial charge is 0.308 e. The molecule has 16 heteroatoms. The first-order chi connectivity index (χ1) is 46.4. The monoisotopic (exact) mass is 1360 g/mol. The van der Waals surface area contributed by atoms with Gasteiger partial charge in [0.25, 0.3) is 5.24 Å². The number of hydrogen-bond acceptors (Lipinski definition) is 15. The molecule has 0 N–H and O–H groups in total. The lowest BCUT2D eigenvalue weighted by Crippen LogP contribution is -2.33. The number of hydrogen-bond donors (Lipinski definition) is 0. The van der Waals surface area contributed by atoms with Crippen LogP contribution in [0.4, 0.5) is 4.79 Å². The molecule has 97 heavy (non-hydrogen) atoms. The first-order valence-corrected chi connectivity index (χ1v) is 36.3. The molecule has 5 aromatic carbocycles. The van der Waals surface area contributed by atoms with Crippen molar-refractivity contribution in [3.63, 3.8) is 0 Å². The minimum atomic E-state index is -1.03. The maximum absolute atomic E-state index is 13.6. The SMILES string of the molecule is Cc1ccc(CCC(C)C(=O)OCC(COC(=O)C(C)CCc2ccc(C)cc2)OCOCCCCN(CCCC(=O)OC(COC(=O)C(C)CCc2ccc(C)cc2)COC(=O)C(C)CCc2ccc(C)cc2)C(=O)SCCCN(C)C)cc1.Cc1ccc(CCC(C)C)cc1. The first-order valence-electron chi connectivity index (χ1n) is 35.3. The van der Waals surface area contributed by atoms with Crippen LogP contribution in [0.25, 0.3) is 0 Å². The van der Waals surface area contributed by atoms with Gasteiger partial charge in [-0.25, -0.2) is 0 Å². The van der Waals surface area contributed by atoms with Gasteiger partial charge in [-0.05, 0) is 179 Å². The lowest BCUT2D eigenvalue weighted by atomic mass is 10.0. The lowest BCUT2D eigenvalue weighted by molar-refractivity contribution is -0.169. The Bertz CT molecular complexity index is 2880. The standard InChI is InChI=1S/C69H98N2O13S.C12H18/c1-50-16-28-58(29-17-50)36-24-54(5)65(73)79-45-62(46-80-66(74)55(6)25-37-59-30-18-51(2)19-31-59)83-49-78-43-12-11-41-71(69(77)85-44-14-40-70(9)10)42-13-15-64(72)84-63(47-81-67(75)56(7)26-38-60-32-20-52(3)21-33-60)48-82-68(76)57(8)27-39-61-34-22-53(4)23-35-61;1-10(2)4-7-12-8-5-11(3)6-9-12/h16-23,28-35,54-57,62-63H,11-15,24-27,36-49H2,1-10H3;5-6,8-10H,4,7H2,1-3H3. The van der Waals surface area contributed by atoms with Gasteiger partial charge in [0.05, 0.1) is 23.7 Å². The number of carbonyl (C=O) groups is 6. The summed E-state index contributed by atoms with van der Waals surface area (Å²) >= 11 is 1.24. The molecule has 0 aliphatic heterocycles. The number of esters is 5. The molecule has 0 saturated carbocycles. The third-order valence-electron chi connectivity index (χ3n) is 17.0. The summed E-state index contributed by atoms with van der Waals surface area (Å²) in [7, 11) is 3.98. The van der Waals surface area contributed by atoms with E-state index < -0.39 is 42.0 Å². The summed E-state index contributed by atoms with van der Waals surface area (Å²) in [5.74, 6) is -2.29. The van der Waals surface area contributed by atoms with E-state index >= 15 is 0 Å². The Hall–Kier alpha value is -6.85. The molecule has 0 saturated heterocycles. The zero-order valence-corrected chi connectivity index (χ0v) is 61.7. The van der Waals surface area contributed by atoms with Crippen molar-refractivity contribution in [2.24, 2.45) is 29.6 Å². The van der Waals surface area contributed by atoms with E-state index in [2.05, 4.69) is 98.5 Å². The molecule has 4 atom stereocenters. The Balaban J connectivity index is 0.00000149. The van der Waals surface area contributed by atoms with Crippen molar-refractivity contribution in [2.45, 2.75) is 185 Å². The fourth-order valence-electron chi connectivity index (χ4n) is 10.1. The predicted molar refractivity (Wildman–Crippen MR) is 389 cm³/mol. The van der Waals surface area contributed by atoms with Crippen molar-refractivity contribution >= 4 is 46.8 Å². The molecule has 0 aliphatic rings. The molecule has 5 aromatic rings. The van der Waals surface area contributed by atoms with Crippen molar-refractivity contribution in [1.29, 1.82) is 0 Å². The van der Waals surface area contributed by atoms with Crippen LogP contribution >= 0.6 is 11.8 Å². The van der Waals surface area contributed by atoms with Crippen molar-refractivity contribution in [1.82, 2.24) is 9.80 Å². The van der Waals surface area contributed by atoms with E-state index in [1.165, 1.54) is 46.9 Å². The molecule has 534 valence electrons. The highest BCUT2D eigenvalue weighted by Crippen LogP contribution is 2.20. The highest BCUT2D eigenvalue weighted by Gasteiger charge is 2.26. The molecule has 15 nitrogen and oxygen atoms in total. The van der Waals surface area contributed by atoms with Crippen LogP contribution in [0.1, 0.15) is 161 Å². The van der Waals surface area contributed by atoms with Gasteiger partial charge in [-0.2, -0.15) is 0 Å². The van der Waals surface area contributed by atoms with Crippen LogP contribution in [0.5, 0.6) is 0 Å². The largest absolute Gasteiger partial charge is 0.463 e. The summed E-state index contributed by atoms with van der Waals surface area (Å²) in [6.07, 6.45) is 8.20. The molecule has 0 aliphatic carbocycles. The normalized spacial score (nSPS) is 13.1. The molecule has 0 aromatic heterocycles. The second-order valence-electron chi connectivity index (χ2n) is 27.1. The maximum atomic E-state index is 13.6. The van der Waals surface area contributed by atoms with E-state index in [1.807, 2.05) is 104 Å². The van der Waals surface area contributed by atoms with Gasteiger partial charge in [0.1, 0.15) is 39.3 Å². The van der Waals surface area contributed by atoms with E-state index in [-0.39, 0.29) is 68.7 Å². The number of benzene rings is 5. The van der Waals surface area contributed by atoms with Crippen molar-refractivity contribution in [3.8, 4) is 0 Å².